The molecule has 66 valence electrons. The average molecular weight is 248 g/mol. The van der Waals surface area contributed by atoms with Crippen LogP contribution in [0.3, 0.4) is 0 Å². The molecule has 0 aliphatic carbocycles. The fraction of sp³-hybridized carbons (Fsp3) is 0. The van der Waals surface area contributed by atoms with Crippen LogP contribution in [0.1, 0.15) is 11.1 Å². The Bertz CT molecular complexity index is 389. The van der Waals surface area contributed by atoms with Crippen molar-refractivity contribution in [1.82, 2.24) is 5.32 Å². The zero-order valence-electron chi connectivity index (χ0n) is 6.23. The van der Waals surface area contributed by atoms with Gasteiger partial charge in [-0.3, -0.25) is 0 Å². The molecule has 0 atom stereocenters. The van der Waals surface area contributed by atoms with Crippen molar-refractivity contribution in [1.29, 1.82) is 0 Å². The monoisotopic (exact) mass is 247 g/mol. The van der Waals surface area contributed by atoms with Crippen molar-refractivity contribution in [3.8, 4) is 0 Å². The van der Waals surface area contributed by atoms with E-state index in [2.05, 4.69) is 5.32 Å². The Morgan fingerprint density at radius 1 is 0.923 bits per heavy atom. The van der Waals surface area contributed by atoms with Crippen LogP contribution in [-0.2, 0) is 0 Å². The van der Waals surface area contributed by atoms with Crippen molar-refractivity contribution in [3.63, 3.8) is 0 Å². The maximum atomic E-state index is 5.84. The Morgan fingerprint density at radius 2 is 1.31 bits per heavy atom. The zero-order chi connectivity index (χ0) is 9.59. The lowest BCUT2D eigenvalue weighted by atomic mass is 10.1. The number of hydrogen-bond acceptors (Lipinski definition) is 2. The molecular weight excluding hydrogens is 245 g/mol. The van der Waals surface area contributed by atoms with Crippen molar-refractivity contribution in [2.45, 2.75) is 0 Å². The van der Waals surface area contributed by atoms with Gasteiger partial charge >= 0.3 is 0 Å². The van der Waals surface area contributed by atoms with Crippen molar-refractivity contribution in [3.05, 3.63) is 33.3 Å². The van der Waals surface area contributed by atoms with E-state index in [0.717, 1.165) is 11.1 Å². The van der Waals surface area contributed by atoms with Gasteiger partial charge in [-0.1, -0.05) is 47.6 Å². The molecular formula is C8H3Cl2NS2. The molecule has 0 saturated heterocycles. The standard InChI is InChI=1S/C8H3Cl2NS2/c9-5-1-3-4(2-6(5)10)8(13)11-7(3)12/h1-2H,(H,11,12,13). The summed E-state index contributed by atoms with van der Waals surface area (Å²) in [6.45, 7) is 0. The van der Waals surface area contributed by atoms with Crippen molar-refractivity contribution in [2.24, 2.45) is 0 Å². The van der Waals surface area contributed by atoms with Gasteiger partial charge in [0.15, 0.2) is 0 Å². The molecule has 1 heterocycles. The number of thiocarbonyl (C=S) groups is 2. The van der Waals surface area contributed by atoms with E-state index >= 15 is 0 Å². The first kappa shape index (κ1) is 9.34. The highest BCUT2D eigenvalue weighted by Gasteiger charge is 2.21. The van der Waals surface area contributed by atoms with Gasteiger partial charge in [-0.2, -0.15) is 0 Å². The van der Waals surface area contributed by atoms with Gasteiger partial charge in [0.2, 0.25) is 0 Å². The molecule has 1 nitrogen and oxygen atoms in total. The van der Waals surface area contributed by atoms with Crippen LogP contribution in [-0.4, -0.2) is 9.98 Å². The highest BCUT2D eigenvalue weighted by atomic mass is 35.5. The predicted octanol–water partition coefficient (Wildman–Crippen LogP) is 2.95. The molecule has 0 amide bonds. The minimum Gasteiger partial charge on any atom is -0.337 e. The Kier molecular flexibility index (Phi) is 2.28. The lowest BCUT2D eigenvalue weighted by molar-refractivity contribution is 1.51. The molecule has 5 heteroatoms. The summed E-state index contributed by atoms with van der Waals surface area (Å²) in [5.41, 5.74) is 1.71. The van der Waals surface area contributed by atoms with E-state index in [1.54, 1.807) is 12.1 Å². The van der Waals surface area contributed by atoms with Crippen LogP contribution in [0.15, 0.2) is 12.1 Å². The van der Waals surface area contributed by atoms with Crippen molar-refractivity contribution < 1.29 is 0 Å². The highest BCUT2D eigenvalue weighted by molar-refractivity contribution is 7.82. The summed E-state index contributed by atoms with van der Waals surface area (Å²) in [7, 11) is 0. The van der Waals surface area contributed by atoms with Crippen LogP contribution in [0.5, 0.6) is 0 Å². The van der Waals surface area contributed by atoms with Crippen molar-refractivity contribution in [2.75, 3.05) is 0 Å². The van der Waals surface area contributed by atoms with E-state index in [9.17, 15) is 0 Å². The van der Waals surface area contributed by atoms with Crippen LogP contribution in [0, 0.1) is 0 Å². The smallest absolute Gasteiger partial charge is 0.112 e. The highest BCUT2D eigenvalue weighted by Crippen LogP contribution is 2.28. The number of hydrogen-bond donors (Lipinski definition) is 1. The molecule has 0 aromatic heterocycles. The van der Waals surface area contributed by atoms with E-state index in [-0.39, 0.29) is 0 Å². The number of halogens is 2. The minimum atomic E-state index is 0.495. The van der Waals surface area contributed by atoms with Gasteiger partial charge in [-0.05, 0) is 12.1 Å². The summed E-state index contributed by atoms with van der Waals surface area (Å²) in [5, 5.41) is 3.87. The van der Waals surface area contributed by atoms with Crippen LogP contribution in [0.4, 0.5) is 0 Å². The van der Waals surface area contributed by atoms with Crippen molar-refractivity contribution >= 4 is 57.6 Å². The molecule has 0 unspecified atom stereocenters. The summed E-state index contributed by atoms with van der Waals surface area (Å²) in [4.78, 5) is 1.22. The zero-order valence-corrected chi connectivity index (χ0v) is 9.37. The molecule has 1 N–H and O–H groups in total. The Hall–Kier alpha value is -0.220. The van der Waals surface area contributed by atoms with Crippen LogP contribution >= 0.6 is 47.6 Å². The first-order chi connectivity index (χ1) is 6.09. The minimum absolute atomic E-state index is 0.495. The molecule has 2 rings (SSSR count). The SMILES string of the molecule is S=C1NC(=S)c2cc(Cl)c(Cl)cc21. The third-order valence-electron chi connectivity index (χ3n) is 1.78. The molecule has 0 bridgehead atoms. The van der Waals surface area contributed by atoms with E-state index in [1.165, 1.54) is 0 Å². The van der Waals surface area contributed by atoms with Gasteiger partial charge in [-0.15, -0.1) is 0 Å². The van der Waals surface area contributed by atoms with E-state index < -0.39 is 0 Å². The van der Waals surface area contributed by atoms with Gasteiger partial charge in [0.05, 0.1) is 10.0 Å². The molecule has 13 heavy (non-hydrogen) atoms. The lowest BCUT2D eigenvalue weighted by Crippen LogP contribution is -2.17. The van der Waals surface area contributed by atoms with E-state index in [0.29, 0.717) is 20.0 Å². The average Bonchev–Trinajstić information content (AvgIpc) is 2.31. The predicted molar refractivity (Wildman–Crippen MR) is 63.0 cm³/mol. The van der Waals surface area contributed by atoms with Crippen LogP contribution in [0.2, 0.25) is 10.0 Å². The second kappa shape index (κ2) is 3.17. The molecule has 0 radical (unpaired) electrons. The van der Waals surface area contributed by atoms with Gasteiger partial charge in [-0.25, -0.2) is 0 Å². The Morgan fingerprint density at radius 3 is 1.69 bits per heavy atom. The summed E-state index contributed by atoms with van der Waals surface area (Å²) >= 11 is 21.8. The topological polar surface area (TPSA) is 12.0 Å². The first-order valence-electron chi connectivity index (χ1n) is 3.44. The number of benzene rings is 1. The lowest BCUT2D eigenvalue weighted by Gasteiger charge is -1.99. The largest absolute Gasteiger partial charge is 0.337 e. The first-order valence-corrected chi connectivity index (χ1v) is 5.01. The second-order valence-electron chi connectivity index (χ2n) is 2.60. The third kappa shape index (κ3) is 1.46. The molecule has 0 spiro atoms. The second-order valence-corrected chi connectivity index (χ2v) is 4.23. The fourth-order valence-corrected chi connectivity index (χ4v) is 2.09. The normalized spacial score (nSPS) is 14.3. The van der Waals surface area contributed by atoms with Gasteiger partial charge in [0.1, 0.15) is 9.98 Å². The Labute approximate surface area is 96.0 Å². The van der Waals surface area contributed by atoms with E-state index in [4.69, 9.17) is 47.6 Å². The molecule has 0 saturated carbocycles. The molecule has 0 fully saturated rings. The van der Waals surface area contributed by atoms with Gasteiger partial charge in [0, 0.05) is 11.1 Å². The van der Waals surface area contributed by atoms with Crippen LogP contribution < -0.4 is 5.32 Å². The molecule has 1 aromatic carbocycles. The quantitative estimate of drug-likeness (QED) is 0.709. The third-order valence-corrected chi connectivity index (χ3v) is 3.14. The number of nitrogens with one attached hydrogen (secondary N) is 1. The molecule has 1 aliphatic heterocycles. The maximum absolute atomic E-state index is 5.84. The molecule has 1 aliphatic rings. The summed E-state index contributed by atoms with van der Waals surface area (Å²) in [5.74, 6) is 0. The molecule has 1 aromatic rings. The summed E-state index contributed by atoms with van der Waals surface area (Å²) in [6.07, 6.45) is 0. The number of fused-ring (bicyclic) bond motifs is 1. The van der Waals surface area contributed by atoms with Gasteiger partial charge in [0.25, 0.3) is 0 Å². The summed E-state index contributed by atoms with van der Waals surface area (Å²) < 4.78 is 0. The van der Waals surface area contributed by atoms with Gasteiger partial charge < -0.3 is 5.32 Å². The fourth-order valence-electron chi connectivity index (χ4n) is 1.16. The van der Waals surface area contributed by atoms with Crippen LogP contribution in [0.25, 0.3) is 0 Å². The Balaban J connectivity index is 2.72. The number of rotatable bonds is 0. The summed E-state index contributed by atoms with van der Waals surface area (Å²) in [6, 6.07) is 3.46. The van der Waals surface area contributed by atoms with E-state index in [1.807, 2.05) is 0 Å². The maximum Gasteiger partial charge on any atom is 0.112 e.